The molecule has 3 heterocycles. The molecular weight excluding hydrogens is 354 g/mol. The van der Waals surface area contributed by atoms with Gasteiger partial charge in [-0.15, -0.1) is 21.5 Å². The van der Waals surface area contributed by atoms with Crippen molar-refractivity contribution in [2.75, 3.05) is 5.32 Å². The molecule has 0 aliphatic rings. The molecule has 1 aromatic carbocycles. The van der Waals surface area contributed by atoms with Crippen molar-refractivity contribution in [3.05, 3.63) is 52.6 Å². The zero-order chi connectivity index (χ0) is 17.2. The molecule has 0 saturated heterocycles. The van der Waals surface area contributed by atoms with E-state index in [1.165, 1.54) is 22.7 Å². The normalized spacial score (nSPS) is 11.1. The lowest BCUT2D eigenvalue weighted by molar-refractivity contribution is -0.115. The second kappa shape index (κ2) is 6.73. The lowest BCUT2D eigenvalue weighted by Crippen LogP contribution is -2.15. The Bertz CT molecular complexity index is 1020. The summed E-state index contributed by atoms with van der Waals surface area (Å²) >= 11 is 2.94. The van der Waals surface area contributed by atoms with E-state index in [4.69, 9.17) is 0 Å². The molecule has 0 atom stereocenters. The molecule has 0 aliphatic carbocycles. The average molecular weight is 369 g/mol. The van der Waals surface area contributed by atoms with Crippen molar-refractivity contribution >= 4 is 38.7 Å². The molecule has 0 aliphatic heterocycles. The van der Waals surface area contributed by atoms with Gasteiger partial charge in [-0.05, 0) is 6.42 Å². The molecule has 1 N–H and O–H groups in total. The van der Waals surface area contributed by atoms with Crippen molar-refractivity contribution in [2.45, 2.75) is 19.8 Å². The molecule has 0 fully saturated rings. The molecule has 1 amide bonds. The van der Waals surface area contributed by atoms with Crippen LogP contribution in [0, 0.1) is 0 Å². The van der Waals surface area contributed by atoms with Crippen molar-refractivity contribution < 1.29 is 4.79 Å². The van der Waals surface area contributed by atoms with Gasteiger partial charge in [0.25, 0.3) is 0 Å². The highest BCUT2D eigenvalue weighted by molar-refractivity contribution is 7.15. The highest BCUT2D eigenvalue weighted by Crippen LogP contribution is 2.24. The summed E-state index contributed by atoms with van der Waals surface area (Å²) in [7, 11) is 0. The van der Waals surface area contributed by atoms with Gasteiger partial charge >= 0.3 is 0 Å². The second-order valence-corrected chi connectivity index (χ2v) is 7.35. The Hall–Kier alpha value is -2.58. The number of nitrogens with one attached hydrogen (secondary N) is 1. The number of benzene rings is 1. The Morgan fingerprint density at radius 2 is 2.08 bits per heavy atom. The highest BCUT2D eigenvalue weighted by Gasteiger charge is 2.14. The van der Waals surface area contributed by atoms with Gasteiger partial charge in [-0.25, -0.2) is 4.98 Å². The fourth-order valence-corrected chi connectivity index (χ4v) is 4.05. The first-order valence-corrected chi connectivity index (χ1v) is 9.55. The first kappa shape index (κ1) is 15.9. The highest BCUT2D eigenvalue weighted by atomic mass is 32.1. The summed E-state index contributed by atoms with van der Waals surface area (Å²) < 4.78 is 1.98. The fourth-order valence-electron chi connectivity index (χ4n) is 2.48. The molecule has 25 heavy (non-hydrogen) atoms. The average Bonchev–Trinajstić information content (AvgIpc) is 3.33. The summed E-state index contributed by atoms with van der Waals surface area (Å²) in [4.78, 5) is 17.8. The molecule has 4 rings (SSSR count). The van der Waals surface area contributed by atoms with E-state index < -0.39 is 0 Å². The number of hydrogen-bond acceptors (Lipinski definition) is 6. The van der Waals surface area contributed by atoms with E-state index in [-0.39, 0.29) is 12.3 Å². The summed E-state index contributed by atoms with van der Waals surface area (Å²) in [5.41, 5.74) is 2.88. The number of thiazole rings is 1. The second-order valence-electron chi connectivity index (χ2n) is 5.45. The van der Waals surface area contributed by atoms with Crippen molar-refractivity contribution in [1.82, 2.24) is 19.6 Å². The van der Waals surface area contributed by atoms with Crippen LogP contribution in [0.1, 0.15) is 17.6 Å². The number of rotatable bonds is 5. The molecule has 126 valence electrons. The largest absolute Gasteiger partial charge is 0.300 e. The molecule has 6 nitrogen and oxygen atoms in total. The summed E-state index contributed by atoms with van der Waals surface area (Å²) in [6.45, 7) is 2.01. The number of aryl methyl sites for hydroxylation is 1. The van der Waals surface area contributed by atoms with Gasteiger partial charge in [0.15, 0.2) is 4.96 Å². The number of amides is 1. The number of hydrogen-bond donors (Lipinski definition) is 1. The monoisotopic (exact) mass is 369 g/mol. The van der Waals surface area contributed by atoms with Gasteiger partial charge in [0.1, 0.15) is 5.01 Å². The zero-order valence-corrected chi connectivity index (χ0v) is 15.1. The van der Waals surface area contributed by atoms with Crippen LogP contribution in [0.15, 0.2) is 41.9 Å². The summed E-state index contributed by atoms with van der Waals surface area (Å²) in [5, 5.41) is 14.2. The van der Waals surface area contributed by atoms with E-state index in [2.05, 4.69) is 20.5 Å². The van der Waals surface area contributed by atoms with Gasteiger partial charge < -0.3 is 5.32 Å². The van der Waals surface area contributed by atoms with Crippen molar-refractivity contribution in [1.29, 1.82) is 0 Å². The maximum absolute atomic E-state index is 12.3. The van der Waals surface area contributed by atoms with E-state index in [0.29, 0.717) is 5.13 Å². The Balaban J connectivity index is 1.53. The number of carbonyl (C=O) groups is 1. The third-order valence-corrected chi connectivity index (χ3v) is 5.58. The predicted octanol–water partition coefficient (Wildman–Crippen LogP) is 3.66. The number of aromatic nitrogens is 4. The Morgan fingerprint density at radius 3 is 2.84 bits per heavy atom. The summed E-state index contributed by atoms with van der Waals surface area (Å²) in [5.74, 6) is -0.103. The van der Waals surface area contributed by atoms with Crippen LogP contribution in [-0.4, -0.2) is 25.5 Å². The lowest BCUT2D eigenvalue weighted by atomic mass is 10.2. The van der Waals surface area contributed by atoms with Crippen LogP contribution in [0.25, 0.3) is 16.2 Å². The third-order valence-electron chi connectivity index (χ3n) is 3.71. The van der Waals surface area contributed by atoms with E-state index in [1.807, 2.05) is 53.2 Å². The van der Waals surface area contributed by atoms with Gasteiger partial charge in [-0.2, -0.15) is 0 Å². The van der Waals surface area contributed by atoms with Gasteiger partial charge in [-0.1, -0.05) is 48.6 Å². The SMILES string of the molecule is CCc1nnc(NC(=O)Cc2csc3nc(-c4ccccc4)cn23)s1. The molecule has 0 radical (unpaired) electrons. The predicted molar refractivity (Wildman–Crippen MR) is 100 cm³/mol. The maximum atomic E-state index is 12.3. The van der Waals surface area contributed by atoms with Crippen LogP contribution in [0.3, 0.4) is 0 Å². The van der Waals surface area contributed by atoms with Crippen LogP contribution < -0.4 is 5.32 Å². The number of fused-ring (bicyclic) bond motifs is 1. The minimum Gasteiger partial charge on any atom is -0.300 e. The number of imidazole rings is 1. The van der Waals surface area contributed by atoms with Gasteiger partial charge in [-0.3, -0.25) is 9.20 Å². The van der Waals surface area contributed by atoms with Crippen LogP contribution in [-0.2, 0) is 17.6 Å². The van der Waals surface area contributed by atoms with Crippen LogP contribution in [0.4, 0.5) is 5.13 Å². The van der Waals surface area contributed by atoms with Crippen LogP contribution >= 0.6 is 22.7 Å². The summed E-state index contributed by atoms with van der Waals surface area (Å²) in [6.07, 6.45) is 3.06. The van der Waals surface area contributed by atoms with E-state index in [9.17, 15) is 4.79 Å². The molecule has 0 bridgehead atoms. The number of nitrogens with zero attached hydrogens (tertiary/aromatic N) is 4. The van der Waals surface area contributed by atoms with Crippen molar-refractivity contribution in [3.8, 4) is 11.3 Å². The quantitative estimate of drug-likeness (QED) is 0.583. The Morgan fingerprint density at radius 1 is 1.24 bits per heavy atom. The summed E-state index contributed by atoms with van der Waals surface area (Å²) in [6, 6.07) is 10.0. The molecule has 3 aromatic heterocycles. The van der Waals surface area contributed by atoms with Crippen molar-refractivity contribution in [3.63, 3.8) is 0 Å². The molecule has 0 unspecified atom stereocenters. The minimum atomic E-state index is -0.103. The van der Waals surface area contributed by atoms with Crippen molar-refractivity contribution in [2.24, 2.45) is 0 Å². The Labute approximate surface area is 152 Å². The smallest absolute Gasteiger partial charge is 0.232 e. The minimum absolute atomic E-state index is 0.103. The van der Waals surface area contributed by atoms with Gasteiger partial charge in [0, 0.05) is 22.8 Å². The molecule has 8 heteroatoms. The van der Waals surface area contributed by atoms with Crippen LogP contribution in [0.2, 0.25) is 0 Å². The number of carbonyl (C=O) groups excluding carboxylic acids is 1. The first-order chi connectivity index (χ1) is 12.2. The molecule has 0 saturated carbocycles. The zero-order valence-electron chi connectivity index (χ0n) is 13.5. The third kappa shape index (κ3) is 3.31. The fraction of sp³-hybridized carbons (Fsp3) is 0.176. The van der Waals surface area contributed by atoms with Gasteiger partial charge in [0.2, 0.25) is 11.0 Å². The first-order valence-electron chi connectivity index (χ1n) is 7.86. The molecule has 4 aromatic rings. The standard InChI is InChI=1S/C17H15N5OS2/c1-2-15-20-21-16(25-15)19-14(23)8-12-10-24-17-18-13(9-22(12)17)11-6-4-3-5-7-11/h3-7,9-10H,2,8H2,1H3,(H,19,21,23). The van der Waals surface area contributed by atoms with Crippen LogP contribution in [0.5, 0.6) is 0 Å². The Kier molecular flexibility index (Phi) is 4.29. The van der Waals surface area contributed by atoms with Gasteiger partial charge in [0.05, 0.1) is 12.1 Å². The maximum Gasteiger partial charge on any atom is 0.232 e. The molecular formula is C17H15N5OS2. The lowest BCUT2D eigenvalue weighted by Gasteiger charge is -2.00. The van der Waals surface area contributed by atoms with E-state index >= 15 is 0 Å². The number of anilines is 1. The molecule has 0 spiro atoms. The topological polar surface area (TPSA) is 72.2 Å². The van der Waals surface area contributed by atoms with E-state index in [0.717, 1.165) is 33.3 Å². The van der Waals surface area contributed by atoms with E-state index in [1.54, 1.807) is 0 Å².